The molecule has 1 aromatic rings. The molecule has 0 saturated carbocycles. The molecule has 29 heavy (non-hydrogen) atoms. The number of carbonyl (C=O) groups excluding carboxylic acids is 1. The number of hydrogen-bond acceptors (Lipinski definition) is 6. The van der Waals surface area contributed by atoms with Crippen molar-refractivity contribution < 1.29 is 4.79 Å². The molecule has 2 fully saturated rings. The second kappa shape index (κ2) is 8.72. The number of nitrogens with zero attached hydrogens (tertiary/aromatic N) is 4. The summed E-state index contributed by atoms with van der Waals surface area (Å²) >= 11 is 6.74. The third kappa shape index (κ3) is 3.86. The van der Waals surface area contributed by atoms with Gasteiger partial charge in [0.15, 0.2) is 0 Å². The minimum atomic E-state index is -0.296. The summed E-state index contributed by atoms with van der Waals surface area (Å²) in [6.07, 6.45) is 5.92. The molecule has 154 valence electrons. The predicted molar refractivity (Wildman–Crippen MR) is 122 cm³/mol. The van der Waals surface area contributed by atoms with E-state index in [0.717, 1.165) is 43.7 Å². The minimum absolute atomic E-state index is 0.0332. The summed E-state index contributed by atoms with van der Waals surface area (Å²) in [6, 6.07) is 2.08. The van der Waals surface area contributed by atoms with Crippen LogP contribution < -0.4 is 10.5 Å². The zero-order valence-corrected chi connectivity index (χ0v) is 19.0. The lowest BCUT2D eigenvalue weighted by Gasteiger charge is -2.32. The maximum absolute atomic E-state index is 13.0. The van der Waals surface area contributed by atoms with Crippen LogP contribution in [-0.2, 0) is 11.8 Å². The van der Waals surface area contributed by atoms with Crippen molar-refractivity contribution in [1.29, 1.82) is 5.26 Å². The van der Waals surface area contributed by atoms with E-state index in [1.165, 1.54) is 18.2 Å². The molecule has 0 radical (unpaired) electrons. The van der Waals surface area contributed by atoms with Crippen LogP contribution in [0.15, 0.2) is 9.70 Å². The number of carbonyl (C=O) groups is 1. The molecule has 6 nitrogen and oxygen atoms in total. The Bertz CT molecular complexity index is 984. The normalized spacial score (nSPS) is 19.8. The zero-order valence-electron chi connectivity index (χ0n) is 17.3. The van der Waals surface area contributed by atoms with E-state index >= 15 is 0 Å². The van der Waals surface area contributed by atoms with Crippen molar-refractivity contribution in [2.45, 2.75) is 52.5 Å². The number of rotatable bonds is 4. The molecule has 2 saturated heterocycles. The number of amides is 1. The van der Waals surface area contributed by atoms with Gasteiger partial charge >= 0.3 is 0 Å². The third-order valence-corrected chi connectivity index (χ3v) is 7.08. The summed E-state index contributed by atoms with van der Waals surface area (Å²) in [5.74, 6) is 0.672. The topological polar surface area (TPSA) is 69.3 Å². The number of anilines is 1. The molecule has 8 heteroatoms. The van der Waals surface area contributed by atoms with Gasteiger partial charge in [-0.25, -0.2) is 0 Å². The fourth-order valence-corrected chi connectivity index (χ4v) is 5.32. The first-order valence-corrected chi connectivity index (χ1v) is 11.2. The predicted octanol–water partition coefficient (Wildman–Crippen LogP) is 3.56. The molecule has 3 rings (SSSR count). The van der Waals surface area contributed by atoms with E-state index in [1.54, 1.807) is 23.4 Å². The third-order valence-electron chi connectivity index (χ3n) is 5.75. The Hall–Kier alpha value is -2.11. The highest BCUT2D eigenvalue weighted by molar-refractivity contribution is 8.26. The number of pyridine rings is 1. The quantitative estimate of drug-likeness (QED) is 0.537. The fourth-order valence-electron chi connectivity index (χ4n) is 3.87. The maximum atomic E-state index is 13.0. The molecule has 0 unspecified atom stereocenters. The minimum Gasteiger partial charge on any atom is -0.357 e. The zero-order chi connectivity index (χ0) is 21.3. The van der Waals surface area contributed by atoms with Crippen molar-refractivity contribution in [1.82, 2.24) is 9.47 Å². The molecule has 2 aliphatic heterocycles. The Morgan fingerprint density at radius 1 is 1.28 bits per heavy atom. The van der Waals surface area contributed by atoms with Crippen LogP contribution in [0.25, 0.3) is 6.08 Å². The van der Waals surface area contributed by atoms with Crippen molar-refractivity contribution in [3.8, 4) is 6.07 Å². The van der Waals surface area contributed by atoms with Gasteiger partial charge in [-0.2, -0.15) is 5.26 Å². The van der Waals surface area contributed by atoms with Crippen molar-refractivity contribution >= 4 is 46.1 Å². The lowest BCUT2D eigenvalue weighted by molar-refractivity contribution is -0.123. The summed E-state index contributed by atoms with van der Waals surface area (Å²) in [5.41, 5.74) is 1.20. The maximum Gasteiger partial charge on any atom is 0.270 e. The van der Waals surface area contributed by atoms with E-state index in [1.807, 2.05) is 26.0 Å². The van der Waals surface area contributed by atoms with Crippen LogP contribution in [0.1, 0.15) is 56.2 Å². The van der Waals surface area contributed by atoms with Crippen molar-refractivity contribution in [3.05, 3.63) is 31.9 Å². The Kier molecular flexibility index (Phi) is 6.49. The van der Waals surface area contributed by atoms with Crippen LogP contribution in [0.2, 0.25) is 0 Å². The van der Waals surface area contributed by atoms with E-state index in [4.69, 9.17) is 12.2 Å². The van der Waals surface area contributed by atoms with Crippen LogP contribution in [0.3, 0.4) is 0 Å². The van der Waals surface area contributed by atoms with Crippen LogP contribution in [0.5, 0.6) is 0 Å². The molecule has 0 aromatic carbocycles. The van der Waals surface area contributed by atoms with Gasteiger partial charge in [-0.3, -0.25) is 19.1 Å². The number of piperidine rings is 1. The first-order valence-electron chi connectivity index (χ1n) is 9.97. The monoisotopic (exact) mass is 430 g/mol. The molecule has 2 aliphatic rings. The summed E-state index contributed by atoms with van der Waals surface area (Å²) in [5, 5.41) is 9.55. The van der Waals surface area contributed by atoms with Crippen molar-refractivity contribution in [3.63, 3.8) is 0 Å². The molecule has 1 amide bonds. The highest BCUT2D eigenvalue weighted by Gasteiger charge is 2.35. The largest absolute Gasteiger partial charge is 0.357 e. The molecule has 0 spiro atoms. The average molecular weight is 431 g/mol. The molecule has 1 aromatic heterocycles. The van der Waals surface area contributed by atoms with Gasteiger partial charge in [0.25, 0.3) is 11.5 Å². The first-order chi connectivity index (χ1) is 13.8. The van der Waals surface area contributed by atoms with E-state index in [-0.39, 0.29) is 23.1 Å². The highest BCUT2D eigenvalue weighted by atomic mass is 32.2. The molecular formula is C21H26N4O2S2. The summed E-state index contributed by atoms with van der Waals surface area (Å²) in [7, 11) is 1.70. The number of aromatic nitrogens is 1. The molecule has 1 atom stereocenters. The van der Waals surface area contributed by atoms with Gasteiger partial charge in [-0.1, -0.05) is 30.9 Å². The molecule has 3 heterocycles. The second-order valence-electron chi connectivity index (χ2n) is 7.57. The van der Waals surface area contributed by atoms with Gasteiger partial charge in [0.05, 0.1) is 4.91 Å². The fraction of sp³-hybridized carbons (Fsp3) is 0.524. The van der Waals surface area contributed by atoms with Crippen LogP contribution in [-0.4, -0.2) is 38.8 Å². The van der Waals surface area contributed by atoms with Gasteiger partial charge < -0.3 is 4.90 Å². The lowest BCUT2D eigenvalue weighted by Crippen LogP contribution is -2.37. The van der Waals surface area contributed by atoms with E-state index in [0.29, 0.717) is 14.8 Å². The Morgan fingerprint density at radius 2 is 1.93 bits per heavy atom. The summed E-state index contributed by atoms with van der Waals surface area (Å²) < 4.78 is 2.11. The van der Waals surface area contributed by atoms with Crippen LogP contribution >= 0.6 is 24.0 Å². The molecule has 0 bridgehead atoms. The Balaban J connectivity index is 2.18. The SMILES string of the molecule is CC[C@@H](C)N1C(=O)/C(=C/c2c(C)c(C#N)c(=O)n(C)c2N2CCCCC2)SC1=S. The van der Waals surface area contributed by atoms with E-state index < -0.39 is 0 Å². The van der Waals surface area contributed by atoms with E-state index in [2.05, 4.69) is 4.90 Å². The van der Waals surface area contributed by atoms with Gasteiger partial charge in [-0.15, -0.1) is 0 Å². The smallest absolute Gasteiger partial charge is 0.270 e. The number of nitriles is 1. The van der Waals surface area contributed by atoms with Gasteiger partial charge in [0.1, 0.15) is 21.8 Å². The van der Waals surface area contributed by atoms with Crippen LogP contribution in [0.4, 0.5) is 5.82 Å². The highest BCUT2D eigenvalue weighted by Crippen LogP contribution is 2.37. The molecular weight excluding hydrogens is 404 g/mol. The summed E-state index contributed by atoms with van der Waals surface area (Å²) in [6.45, 7) is 7.51. The molecule has 0 aliphatic carbocycles. The number of hydrogen-bond donors (Lipinski definition) is 0. The number of thiocarbonyl (C=S) groups is 1. The van der Waals surface area contributed by atoms with Crippen molar-refractivity contribution in [2.75, 3.05) is 18.0 Å². The Labute approximate surface area is 181 Å². The van der Waals surface area contributed by atoms with Crippen molar-refractivity contribution in [2.24, 2.45) is 7.05 Å². The standard InChI is InChI=1S/C21H26N4O2S2/c1-5-13(2)25-20(27)17(29-21(25)28)11-15-14(3)16(12-22)19(26)23(4)18(15)24-9-7-6-8-10-24/h11,13H,5-10H2,1-4H3/b17-11-/t13-/m1/s1. The first kappa shape index (κ1) is 21.6. The molecule has 0 N–H and O–H groups in total. The average Bonchev–Trinajstić information content (AvgIpc) is 3.00. The number of thioether (sulfide) groups is 1. The second-order valence-corrected chi connectivity index (χ2v) is 9.25. The van der Waals surface area contributed by atoms with Crippen LogP contribution in [0, 0.1) is 18.3 Å². The van der Waals surface area contributed by atoms with E-state index in [9.17, 15) is 14.9 Å². The Morgan fingerprint density at radius 3 is 2.52 bits per heavy atom. The van der Waals surface area contributed by atoms with Gasteiger partial charge in [0, 0.05) is 31.7 Å². The summed E-state index contributed by atoms with van der Waals surface area (Å²) in [4.78, 5) is 30.2. The van der Waals surface area contributed by atoms with Gasteiger partial charge in [-0.05, 0) is 51.2 Å². The van der Waals surface area contributed by atoms with Gasteiger partial charge in [0.2, 0.25) is 0 Å². The lowest BCUT2D eigenvalue weighted by atomic mass is 10.0.